The standard InChI is InChI=1S/C46H30N2/c1-3-13-31(14-4-1)33-23-25-39-37-19-9-11-21-41(37)47(45(39)29-33)43-27-28-44(36-18-8-7-17-35(36)43)48-42-22-12-10-20-38(42)40-26-24-34(30-46(40)48)32-15-5-2-6-16-32/h1-30H. The first-order valence-electron chi connectivity index (χ1n) is 16.5. The molecule has 0 radical (unpaired) electrons. The summed E-state index contributed by atoms with van der Waals surface area (Å²) in [7, 11) is 0. The number of benzene rings is 8. The summed E-state index contributed by atoms with van der Waals surface area (Å²) in [6, 6.07) is 66.2. The highest BCUT2D eigenvalue weighted by molar-refractivity contribution is 6.14. The maximum atomic E-state index is 2.46. The summed E-state index contributed by atoms with van der Waals surface area (Å²) < 4.78 is 4.92. The zero-order valence-electron chi connectivity index (χ0n) is 26.2. The molecule has 2 aromatic heterocycles. The lowest BCUT2D eigenvalue weighted by atomic mass is 10.0. The second-order valence-corrected chi connectivity index (χ2v) is 12.6. The molecule has 0 atom stereocenters. The Bertz CT molecular complexity index is 2620. The number of rotatable bonds is 4. The molecule has 0 spiro atoms. The smallest absolute Gasteiger partial charge is 0.0547 e. The summed E-state index contributed by atoms with van der Waals surface area (Å²) in [5.41, 5.74) is 12.1. The Labute approximate surface area is 278 Å². The van der Waals surface area contributed by atoms with Gasteiger partial charge in [-0.3, -0.25) is 0 Å². The zero-order valence-corrected chi connectivity index (χ0v) is 26.2. The van der Waals surface area contributed by atoms with Crippen molar-refractivity contribution in [2.75, 3.05) is 0 Å². The van der Waals surface area contributed by atoms with Crippen molar-refractivity contribution in [3.8, 4) is 33.6 Å². The van der Waals surface area contributed by atoms with Crippen LogP contribution < -0.4 is 0 Å². The predicted octanol–water partition coefficient (Wildman–Crippen LogP) is 12.4. The third-order valence-corrected chi connectivity index (χ3v) is 9.92. The molecule has 2 heteroatoms. The molecular weight excluding hydrogens is 581 g/mol. The van der Waals surface area contributed by atoms with Gasteiger partial charge in [-0.15, -0.1) is 0 Å². The molecule has 0 amide bonds. The largest absolute Gasteiger partial charge is 0.309 e. The van der Waals surface area contributed by atoms with E-state index in [9.17, 15) is 0 Å². The first kappa shape index (κ1) is 26.8. The van der Waals surface area contributed by atoms with Crippen LogP contribution in [0.1, 0.15) is 0 Å². The van der Waals surface area contributed by atoms with Crippen LogP contribution in [-0.2, 0) is 0 Å². The van der Waals surface area contributed by atoms with Gasteiger partial charge in [-0.1, -0.05) is 146 Å². The van der Waals surface area contributed by atoms with Crippen LogP contribution in [0.2, 0.25) is 0 Å². The molecule has 10 aromatic rings. The van der Waals surface area contributed by atoms with E-state index in [0.717, 1.165) is 0 Å². The van der Waals surface area contributed by atoms with Crippen molar-refractivity contribution < 1.29 is 0 Å². The molecule has 224 valence electrons. The normalized spacial score (nSPS) is 11.8. The lowest BCUT2D eigenvalue weighted by Crippen LogP contribution is -2.00. The topological polar surface area (TPSA) is 9.86 Å². The third kappa shape index (κ3) is 4.00. The monoisotopic (exact) mass is 610 g/mol. The molecule has 48 heavy (non-hydrogen) atoms. The SMILES string of the molecule is c1ccc(-c2ccc3c4ccccc4n(-c4ccc(-n5c6ccccc6c6ccc(-c7ccccc7)cc65)c5ccccc45)c3c2)cc1. The summed E-state index contributed by atoms with van der Waals surface area (Å²) in [5.74, 6) is 0. The fourth-order valence-corrected chi connectivity index (χ4v) is 7.74. The quantitative estimate of drug-likeness (QED) is 0.188. The average Bonchev–Trinajstić information content (AvgIpc) is 3.67. The molecule has 8 aromatic carbocycles. The van der Waals surface area contributed by atoms with Crippen LogP contribution in [0.5, 0.6) is 0 Å². The fraction of sp³-hybridized carbons (Fsp3) is 0. The molecule has 10 rings (SSSR count). The Morgan fingerprint density at radius 1 is 0.229 bits per heavy atom. The van der Waals surface area contributed by atoms with Crippen LogP contribution in [0.3, 0.4) is 0 Å². The van der Waals surface area contributed by atoms with Crippen LogP contribution in [0.4, 0.5) is 0 Å². The van der Waals surface area contributed by atoms with Gasteiger partial charge in [-0.05, 0) is 58.7 Å². The van der Waals surface area contributed by atoms with Gasteiger partial charge in [-0.25, -0.2) is 0 Å². The first-order chi connectivity index (χ1) is 23.8. The van der Waals surface area contributed by atoms with E-state index >= 15 is 0 Å². The third-order valence-electron chi connectivity index (χ3n) is 9.92. The van der Waals surface area contributed by atoms with Gasteiger partial charge in [0.15, 0.2) is 0 Å². The Kier molecular flexibility index (Phi) is 5.91. The number of hydrogen-bond acceptors (Lipinski definition) is 0. The molecule has 0 saturated carbocycles. The van der Waals surface area contributed by atoms with E-state index in [4.69, 9.17) is 0 Å². The second kappa shape index (κ2) is 10.6. The van der Waals surface area contributed by atoms with Gasteiger partial charge in [0.2, 0.25) is 0 Å². The van der Waals surface area contributed by atoms with Crippen molar-refractivity contribution in [1.29, 1.82) is 0 Å². The maximum absolute atomic E-state index is 2.46. The number of aromatic nitrogens is 2. The van der Waals surface area contributed by atoms with Gasteiger partial charge in [0.05, 0.1) is 33.4 Å². The molecule has 0 fully saturated rings. The van der Waals surface area contributed by atoms with Gasteiger partial charge in [0.1, 0.15) is 0 Å². The van der Waals surface area contributed by atoms with E-state index in [1.807, 2.05) is 0 Å². The number of fused-ring (bicyclic) bond motifs is 7. The summed E-state index contributed by atoms with van der Waals surface area (Å²) in [5, 5.41) is 7.47. The van der Waals surface area contributed by atoms with Gasteiger partial charge < -0.3 is 9.13 Å². The maximum Gasteiger partial charge on any atom is 0.0547 e. The summed E-state index contributed by atoms with van der Waals surface area (Å²) in [4.78, 5) is 0. The molecule has 2 heterocycles. The van der Waals surface area contributed by atoms with E-state index in [-0.39, 0.29) is 0 Å². The first-order valence-corrected chi connectivity index (χ1v) is 16.5. The number of hydrogen-bond donors (Lipinski definition) is 0. The molecule has 0 N–H and O–H groups in total. The van der Waals surface area contributed by atoms with Crippen molar-refractivity contribution in [2.45, 2.75) is 0 Å². The number of nitrogens with zero attached hydrogens (tertiary/aromatic N) is 2. The lowest BCUT2D eigenvalue weighted by molar-refractivity contribution is 1.17. The molecule has 0 bridgehead atoms. The molecule has 0 unspecified atom stereocenters. The van der Waals surface area contributed by atoms with Gasteiger partial charge in [-0.2, -0.15) is 0 Å². The van der Waals surface area contributed by atoms with Gasteiger partial charge in [0, 0.05) is 32.3 Å². The molecule has 0 aliphatic heterocycles. The fourth-order valence-electron chi connectivity index (χ4n) is 7.74. The van der Waals surface area contributed by atoms with E-state index in [1.165, 1.54) is 88.0 Å². The summed E-state index contributed by atoms with van der Waals surface area (Å²) >= 11 is 0. The summed E-state index contributed by atoms with van der Waals surface area (Å²) in [6.07, 6.45) is 0. The second-order valence-electron chi connectivity index (χ2n) is 12.6. The predicted molar refractivity (Wildman–Crippen MR) is 203 cm³/mol. The van der Waals surface area contributed by atoms with Crippen molar-refractivity contribution in [1.82, 2.24) is 9.13 Å². The zero-order chi connectivity index (χ0) is 31.6. The molecule has 0 aliphatic rings. The molecule has 0 aliphatic carbocycles. The van der Waals surface area contributed by atoms with Crippen molar-refractivity contribution in [2.24, 2.45) is 0 Å². The highest BCUT2D eigenvalue weighted by atomic mass is 15.0. The Morgan fingerprint density at radius 3 is 1.02 bits per heavy atom. The van der Waals surface area contributed by atoms with Gasteiger partial charge >= 0.3 is 0 Å². The van der Waals surface area contributed by atoms with Crippen molar-refractivity contribution in [3.63, 3.8) is 0 Å². The van der Waals surface area contributed by atoms with Crippen LogP contribution >= 0.6 is 0 Å². The Hall–Kier alpha value is -6.38. The van der Waals surface area contributed by atoms with Crippen molar-refractivity contribution >= 4 is 54.4 Å². The Morgan fingerprint density at radius 2 is 0.583 bits per heavy atom. The van der Waals surface area contributed by atoms with Crippen LogP contribution in [0, 0.1) is 0 Å². The van der Waals surface area contributed by atoms with E-state index < -0.39 is 0 Å². The van der Waals surface area contributed by atoms with Crippen LogP contribution in [0.25, 0.3) is 88.0 Å². The summed E-state index contributed by atoms with van der Waals surface area (Å²) in [6.45, 7) is 0. The minimum absolute atomic E-state index is 1.18. The molecule has 0 saturated heterocycles. The Balaban J connectivity index is 1.27. The molecular formula is C46H30N2. The molecule has 2 nitrogen and oxygen atoms in total. The van der Waals surface area contributed by atoms with Crippen LogP contribution in [0.15, 0.2) is 182 Å². The highest BCUT2D eigenvalue weighted by Crippen LogP contribution is 2.41. The van der Waals surface area contributed by atoms with Crippen molar-refractivity contribution in [3.05, 3.63) is 182 Å². The minimum atomic E-state index is 1.18. The van der Waals surface area contributed by atoms with E-state index in [2.05, 4.69) is 191 Å². The van der Waals surface area contributed by atoms with Gasteiger partial charge in [0.25, 0.3) is 0 Å². The highest BCUT2D eigenvalue weighted by Gasteiger charge is 2.19. The van der Waals surface area contributed by atoms with E-state index in [1.54, 1.807) is 0 Å². The average molecular weight is 611 g/mol. The van der Waals surface area contributed by atoms with Crippen LogP contribution in [-0.4, -0.2) is 9.13 Å². The number of para-hydroxylation sites is 2. The minimum Gasteiger partial charge on any atom is -0.309 e. The lowest BCUT2D eigenvalue weighted by Gasteiger charge is -2.17. The van der Waals surface area contributed by atoms with E-state index in [0.29, 0.717) is 0 Å².